The van der Waals surface area contributed by atoms with Gasteiger partial charge >= 0.3 is 0 Å². The molecule has 1 aliphatic carbocycles. The van der Waals surface area contributed by atoms with E-state index in [0.717, 1.165) is 13.2 Å². The summed E-state index contributed by atoms with van der Waals surface area (Å²) in [6.07, 6.45) is 7.52. The van der Waals surface area contributed by atoms with Gasteiger partial charge in [-0.1, -0.05) is 26.2 Å². The number of hydrogen-bond donors (Lipinski definition) is 1. The molecular weight excluding hydrogens is 266 g/mol. The van der Waals surface area contributed by atoms with Crippen molar-refractivity contribution in [1.82, 2.24) is 5.32 Å². The topological polar surface area (TPSA) is 21.3 Å². The molecule has 1 heterocycles. The molecule has 114 valence electrons. The molecule has 0 spiro atoms. The minimum atomic E-state index is 0.0134. The zero-order valence-corrected chi connectivity index (χ0v) is 14.0. The van der Waals surface area contributed by atoms with Crippen molar-refractivity contribution in [1.29, 1.82) is 0 Å². The van der Waals surface area contributed by atoms with Gasteiger partial charge in [-0.25, -0.2) is 0 Å². The van der Waals surface area contributed by atoms with Gasteiger partial charge in [-0.15, -0.1) is 11.3 Å². The van der Waals surface area contributed by atoms with Gasteiger partial charge < -0.3 is 10.1 Å². The molecule has 0 saturated heterocycles. The van der Waals surface area contributed by atoms with Crippen molar-refractivity contribution in [2.75, 3.05) is 13.2 Å². The molecule has 1 aliphatic rings. The van der Waals surface area contributed by atoms with E-state index in [9.17, 15) is 0 Å². The molecule has 3 heteroatoms. The number of hydrogen-bond acceptors (Lipinski definition) is 3. The van der Waals surface area contributed by atoms with Gasteiger partial charge in [-0.2, -0.15) is 0 Å². The highest BCUT2D eigenvalue weighted by Gasteiger charge is 2.41. The Kier molecular flexibility index (Phi) is 6.06. The summed E-state index contributed by atoms with van der Waals surface area (Å²) in [7, 11) is 0. The highest BCUT2D eigenvalue weighted by atomic mass is 32.1. The lowest BCUT2D eigenvalue weighted by Crippen LogP contribution is -2.47. The van der Waals surface area contributed by atoms with Crippen LogP contribution in [0.5, 0.6) is 0 Å². The first-order valence-corrected chi connectivity index (χ1v) is 8.97. The van der Waals surface area contributed by atoms with E-state index in [1.54, 1.807) is 0 Å². The van der Waals surface area contributed by atoms with Crippen molar-refractivity contribution in [2.24, 2.45) is 0 Å². The number of aryl methyl sites for hydroxylation is 1. The summed E-state index contributed by atoms with van der Waals surface area (Å²) in [5.41, 5.74) is 0.0134. The van der Waals surface area contributed by atoms with E-state index in [1.807, 2.05) is 11.3 Å². The molecular formula is C17H29NOS. The van der Waals surface area contributed by atoms with Crippen LogP contribution < -0.4 is 5.32 Å². The molecule has 1 unspecified atom stereocenters. The largest absolute Gasteiger partial charge is 0.373 e. The van der Waals surface area contributed by atoms with Gasteiger partial charge in [0.2, 0.25) is 0 Å². The maximum atomic E-state index is 6.34. The average Bonchev–Trinajstić information content (AvgIpc) is 2.87. The van der Waals surface area contributed by atoms with Gasteiger partial charge in [0.15, 0.2) is 0 Å². The molecule has 1 atom stereocenters. The van der Waals surface area contributed by atoms with E-state index in [1.165, 1.54) is 48.3 Å². The zero-order chi connectivity index (χ0) is 14.4. The van der Waals surface area contributed by atoms with E-state index in [0.29, 0.717) is 6.04 Å². The summed E-state index contributed by atoms with van der Waals surface area (Å²) in [5, 5.41) is 3.78. The Morgan fingerprint density at radius 1 is 1.25 bits per heavy atom. The van der Waals surface area contributed by atoms with Crippen molar-refractivity contribution < 1.29 is 4.74 Å². The second kappa shape index (κ2) is 7.58. The van der Waals surface area contributed by atoms with Crippen LogP contribution >= 0.6 is 11.3 Å². The quantitative estimate of drug-likeness (QED) is 0.777. The summed E-state index contributed by atoms with van der Waals surface area (Å²) in [4.78, 5) is 2.84. The van der Waals surface area contributed by atoms with Gasteiger partial charge in [-0.3, -0.25) is 0 Å². The predicted octanol–water partition coefficient (Wildman–Crippen LogP) is 4.84. The van der Waals surface area contributed by atoms with Gasteiger partial charge in [-0.05, 0) is 51.8 Å². The van der Waals surface area contributed by atoms with Crippen LogP contribution in [0.2, 0.25) is 0 Å². The van der Waals surface area contributed by atoms with Crippen molar-refractivity contribution in [2.45, 2.75) is 70.9 Å². The molecule has 0 bridgehead atoms. The van der Waals surface area contributed by atoms with Gasteiger partial charge in [0.05, 0.1) is 11.6 Å². The maximum Gasteiger partial charge on any atom is 0.0884 e. The maximum absolute atomic E-state index is 6.34. The molecule has 2 rings (SSSR count). The molecule has 0 radical (unpaired) electrons. The summed E-state index contributed by atoms with van der Waals surface area (Å²) < 4.78 is 6.34. The van der Waals surface area contributed by atoms with Crippen LogP contribution in [-0.4, -0.2) is 18.8 Å². The number of ether oxygens (including phenoxy) is 1. The molecule has 0 aromatic carbocycles. The molecule has 2 nitrogen and oxygen atoms in total. The van der Waals surface area contributed by atoms with Crippen molar-refractivity contribution in [3.05, 3.63) is 21.9 Å². The lowest BCUT2D eigenvalue weighted by atomic mass is 9.78. The highest BCUT2D eigenvalue weighted by molar-refractivity contribution is 7.12. The first kappa shape index (κ1) is 16.0. The third-order valence-corrected chi connectivity index (χ3v) is 5.37. The van der Waals surface area contributed by atoms with E-state index in [-0.39, 0.29) is 5.60 Å². The van der Waals surface area contributed by atoms with Crippen molar-refractivity contribution in [3.63, 3.8) is 0 Å². The molecule has 1 saturated carbocycles. The van der Waals surface area contributed by atoms with E-state index in [2.05, 4.69) is 38.2 Å². The monoisotopic (exact) mass is 295 g/mol. The summed E-state index contributed by atoms with van der Waals surface area (Å²) >= 11 is 1.92. The van der Waals surface area contributed by atoms with Crippen molar-refractivity contribution in [3.8, 4) is 0 Å². The lowest BCUT2D eigenvalue weighted by molar-refractivity contribution is -0.0904. The first-order valence-electron chi connectivity index (χ1n) is 8.15. The van der Waals surface area contributed by atoms with Crippen LogP contribution in [0.25, 0.3) is 0 Å². The fraction of sp³-hybridized carbons (Fsp3) is 0.765. The molecule has 1 aromatic heterocycles. The third kappa shape index (κ3) is 3.63. The molecule has 20 heavy (non-hydrogen) atoms. The van der Waals surface area contributed by atoms with Crippen LogP contribution in [0.1, 0.15) is 68.2 Å². The van der Waals surface area contributed by atoms with E-state index in [4.69, 9.17) is 4.74 Å². The smallest absolute Gasteiger partial charge is 0.0884 e. The van der Waals surface area contributed by atoms with Gasteiger partial charge in [0, 0.05) is 16.4 Å². The minimum Gasteiger partial charge on any atom is -0.373 e. The second-order valence-corrected chi connectivity index (χ2v) is 7.21. The summed E-state index contributed by atoms with van der Waals surface area (Å²) in [5.74, 6) is 0. The predicted molar refractivity (Wildman–Crippen MR) is 87.5 cm³/mol. The number of rotatable bonds is 7. The fourth-order valence-electron chi connectivity index (χ4n) is 3.40. The summed E-state index contributed by atoms with van der Waals surface area (Å²) in [6.45, 7) is 8.44. The van der Waals surface area contributed by atoms with Gasteiger partial charge in [0.25, 0.3) is 0 Å². The SMILES string of the molecule is CCCNC(c1ccc(C)s1)C1(OCC)CCCCC1. The van der Waals surface area contributed by atoms with Crippen LogP contribution in [0, 0.1) is 6.92 Å². The van der Waals surface area contributed by atoms with Crippen LogP contribution in [0.4, 0.5) is 0 Å². The fourth-order valence-corrected chi connectivity index (χ4v) is 4.46. The third-order valence-electron chi connectivity index (χ3n) is 4.30. The highest BCUT2D eigenvalue weighted by Crippen LogP contribution is 2.43. The van der Waals surface area contributed by atoms with Crippen LogP contribution in [-0.2, 0) is 4.74 Å². The molecule has 0 amide bonds. The Bertz CT molecular complexity index is 390. The Morgan fingerprint density at radius 2 is 2.00 bits per heavy atom. The Balaban J connectivity index is 2.26. The molecule has 1 fully saturated rings. The lowest BCUT2D eigenvalue weighted by Gasteiger charge is -2.43. The van der Waals surface area contributed by atoms with Crippen LogP contribution in [0.15, 0.2) is 12.1 Å². The van der Waals surface area contributed by atoms with Crippen LogP contribution in [0.3, 0.4) is 0 Å². The zero-order valence-electron chi connectivity index (χ0n) is 13.2. The molecule has 1 N–H and O–H groups in total. The van der Waals surface area contributed by atoms with E-state index >= 15 is 0 Å². The normalized spacial score (nSPS) is 19.9. The molecule has 0 aliphatic heterocycles. The number of thiophene rings is 1. The standard InChI is InChI=1S/C17H29NOS/c1-4-13-18-16(15-10-9-14(3)20-15)17(19-5-2)11-7-6-8-12-17/h9-10,16,18H,4-8,11-13H2,1-3H3. The van der Waals surface area contributed by atoms with Gasteiger partial charge in [0.1, 0.15) is 0 Å². The molecule has 1 aromatic rings. The first-order chi connectivity index (χ1) is 9.72. The Labute approximate surface area is 127 Å². The average molecular weight is 295 g/mol. The van der Waals surface area contributed by atoms with Crippen molar-refractivity contribution >= 4 is 11.3 Å². The minimum absolute atomic E-state index is 0.0134. The summed E-state index contributed by atoms with van der Waals surface area (Å²) in [6, 6.07) is 4.90. The number of nitrogens with one attached hydrogen (secondary N) is 1. The Hall–Kier alpha value is -0.380. The van der Waals surface area contributed by atoms with E-state index < -0.39 is 0 Å². The second-order valence-electron chi connectivity index (χ2n) is 5.89. The Morgan fingerprint density at radius 3 is 2.55 bits per heavy atom.